The van der Waals surface area contributed by atoms with Crippen molar-refractivity contribution in [2.45, 2.75) is 67.6 Å². The summed E-state index contributed by atoms with van der Waals surface area (Å²) in [6, 6.07) is 0. The third-order valence-corrected chi connectivity index (χ3v) is 2.95. The fourth-order valence-electron chi connectivity index (χ4n) is 1.90. The molecule has 0 heterocycles. The van der Waals surface area contributed by atoms with E-state index in [0.717, 1.165) is 0 Å². The molecule has 0 aliphatic heterocycles. The molecule has 2 atom stereocenters. The predicted octanol–water partition coefficient (Wildman–Crippen LogP) is 4.16. The molecule has 6 heteroatoms. The summed E-state index contributed by atoms with van der Waals surface area (Å²) in [5.74, 6) is 0. The van der Waals surface area contributed by atoms with Crippen LogP contribution < -0.4 is 0 Å². The smallest absolute Gasteiger partial charge is 0.435 e. The molecule has 0 aromatic rings. The monoisotopic (exact) mass is 318 g/mol. The Labute approximate surface area is 133 Å². The van der Waals surface area contributed by atoms with E-state index in [-0.39, 0.29) is 13.2 Å². The van der Waals surface area contributed by atoms with Crippen LogP contribution in [-0.2, 0) is 18.9 Å². The van der Waals surface area contributed by atoms with Crippen LogP contribution in [0.4, 0.5) is 9.59 Å². The molecule has 2 unspecified atom stereocenters. The van der Waals surface area contributed by atoms with E-state index in [1.165, 1.54) is 0 Å². The molecule has 22 heavy (non-hydrogen) atoms. The largest absolute Gasteiger partial charge is 0.508 e. The van der Waals surface area contributed by atoms with Crippen LogP contribution in [-0.4, -0.2) is 37.7 Å². The Kier molecular flexibility index (Phi) is 7.70. The topological polar surface area (TPSA) is 71.1 Å². The molecule has 6 nitrogen and oxygen atoms in total. The maximum Gasteiger partial charge on any atom is 0.508 e. The third kappa shape index (κ3) is 7.00. The Morgan fingerprint density at radius 2 is 1.00 bits per heavy atom. The summed E-state index contributed by atoms with van der Waals surface area (Å²) < 4.78 is 20.6. The number of carbonyl (C=O) groups is 2. The molecule has 0 aliphatic carbocycles. The summed E-state index contributed by atoms with van der Waals surface area (Å²) in [4.78, 5) is 23.5. The van der Waals surface area contributed by atoms with Gasteiger partial charge in [0.05, 0.1) is 13.2 Å². The second kappa shape index (κ2) is 8.25. The number of rotatable bonds is 5. The van der Waals surface area contributed by atoms with Gasteiger partial charge >= 0.3 is 12.3 Å². The maximum atomic E-state index is 11.7. The van der Waals surface area contributed by atoms with Crippen molar-refractivity contribution in [3.8, 4) is 0 Å². The van der Waals surface area contributed by atoms with Crippen molar-refractivity contribution in [1.29, 1.82) is 0 Å². The predicted molar refractivity (Wildman–Crippen MR) is 82.7 cm³/mol. The summed E-state index contributed by atoms with van der Waals surface area (Å²) in [6.07, 6.45) is -2.89. The van der Waals surface area contributed by atoms with Crippen LogP contribution in [0.25, 0.3) is 0 Å². The van der Waals surface area contributed by atoms with Gasteiger partial charge in [-0.15, -0.1) is 0 Å². The minimum Gasteiger partial charge on any atom is -0.435 e. The minimum absolute atomic E-state index is 0.217. The highest BCUT2D eigenvalue weighted by Gasteiger charge is 2.45. The van der Waals surface area contributed by atoms with Crippen LogP contribution >= 0.6 is 0 Å². The quantitative estimate of drug-likeness (QED) is 0.709. The highest BCUT2D eigenvalue weighted by Crippen LogP contribution is 2.36. The molecule has 0 aliphatic rings. The van der Waals surface area contributed by atoms with E-state index in [9.17, 15) is 9.59 Å². The number of ether oxygens (including phenoxy) is 4. The second-order valence-corrected chi connectivity index (χ2v) is 7.17. The molecule has 0 amide bonds. The molecular formula is C16H30O6. The van der Waals surface area contributed by atoms with Crippen molar-refractivity contribution in [3.63, 3.8) is 0 Å². The average Bonchev–Trinajstić information content (AvgIpc) is 2.31. The van der Waals surface area contributed by atoms with Gasteiger partial charge in [-0.1, -0.05) is 41.5 Å². The lowest BCUT2D eigenvalue weighted by Gasteiger charge is -2.41. The summed E-state index contributed by atoms with van der Waals surface area (Å²) in [7, 11) is 0. The fraction of sp³-hybridized carbons (Fsp3) is 0.875. The van der Waals surface area contributed by atoms with Gasteiger partial charge in [-0.25, -0.2) is 9.59 Å². The molecular weight excluding hydrogens is 288 g/mol. The number of hydrogen-bond acceptors (Lipinski definition) is 6. The Bertz CT molecular complexity index is 328. The molecule has 0 spiro atoms. The normalized spacial score (nSPS) is 14.7. The Hall–Kier alpha value is -1.46. The molecule has 0 saturated carbocycles. The van der Waals surface area contributed by atoms with Gasteiger partial charge in [-0.3, -0.25) is 0 Å². The summed E-state index contributed by atoms with van der Waals surface area (Å²) in [5, 5.41) is 0. The Balaban J connectivity index is 5.37. The molecule has 0 aromatic heterocycles. The van der Waals surface area contributed by atoms with Gasteiger partial charge < -0.3 is 18.9 Å². The van der Waals surface area contributed by atoms with E-state index in [0.29, 0.717) is 0 Å². The lowest BCUT2D eigenvalue weighted by atomic mass is 9.76. The standard InChI is InChI=1S/C16H30O6/c1-9-19-13(17)21-11(15(3,4)5)12(16(6,7)8)22-14(18)20-10-2/h11-12H,9-10H2,1-8H3. The van der Waals surface area contributed by atoms with E-state index >= 15 is 0 Å². The van der Waals surface area contributed by atoms with E-state index in [2.05, 4.69) is 0 Å². The zero-order valence-electron chi connectivity index (χ0n) is 15.0. The highest BCUT2D eigenvalue weighted by molar-refractivity contribution is 5.61. The molecule has 130 valence electrons. The Morgan fingerprint density at radius 1 is 0.727 bits per heavy atom. The minimum atomic E-state index is -0.774. The van der Waals surface area contributed by atoms with Crippen LogP contribution in [0.2, 0.25) is 0 Å². The SMILES string of the molecule is CCOC(=O)OC(C(OC(=O)OCC)C(C)(C)C)C(C)(C)C. The van der Waals surface area contributed by atoms with Gasteiger partial charge in [0.2, 0.25) is 0 Å². The summed E-state index contributed by atoms with van der Waals surface area (Å²) in [5.41, 5.74) is -0.894. The van der Waals surface area contributed by atoms with Gasteiger partial charge in [0, 0.05) is 10.8 Å². The van der Waals surface area contributed by atoms with E-state index < -0.39 is 35.3 Å². The first-order valence-corrected chi connectivity index (χ1v) is 7.60. The van der Waals surface area contributed by atoms with Crippen molar-refractivity contribution < 1.29 is 28.5 Å². The van der Waals surface area contributed by atoms with Crippen LogP contribution in [0.3, 0.4) is 0 Å². The fourth-order valence-corrected chi connectivity index (χ4v) is 1.90. The second-order valence-electron chi connectivity index (χ2n) is 7.17. The van der Waals surface area contributed by atoms with Crippen molar-refractivity contribution in [1.82, 2.24) is 0 Å². The van der Waals surface area contributed by atoms with Crippen LogP contribution in [0.1, 0.15) is 55.4 Å². The molecule has 0 aromatic carbocycles. The van der Waals surface area contributed by atoms with Gasteiger partial charge in [0.15, 0.2) is 0 Å². The summed E-state index contributed by atoms with van der Waals surface area (Å²) >= 11 is 0. The Morgan fingerprint density at radius 3 is 1.18 bits per heavy atom. The first-order valence-electron chi connectivity index (χ1n) is 7.60. The molecule has 0 rings (SSSR count). The van der Waals surface area contributed by atoms with E-state index in [4.69, 9.17) is 18.9 Å². The molecule has 0 bridgehead atoms. The van der Waals surface area contributed by atoms with Gasteiger partial charge in [-0.2, -0.15) is 0 Å². The maximum absolute atomic E-state index is 11.7. The highest BCUT2D eigenvalue weighted by atomic mass is 16.8. The molecule has 0 fully saturated rings. The van der Waals surface area contributed by atoms with E-state index in [1.807, 2.05) is 41.5 Å². The molecule has 0 N–H and O–H groups in total. The van der Waals surface area contributed by atoms with Crippen molar-refractivity contribution in [2.24, 2.45) is 10.8 Å². The zero-order chi connectivity index (χ0) is 17.6. The number of carbonyl (C=O) groups excluding carboxylic acids is 2. The third-order valence-electron chi connectivity index (χ3n) is 2.95. The lowest BCUT2D eigenvalue weighted by Crippen LogP contribution is -2.50. The van der Waals surface area contributed by atoms with E-state index in [1.54, 1.807) is 13.8 Å². The molecule has 0 radical (unpaired) electrons. The van der Waals surface area contributed by atoms with Gasteiger partial charge in [0.25, 0.3) is 0 Å². The van der Waals surface area contributed by atoms with Gasteiger partial charge in [-0.05, 0) is 13.8 Å². The van der Waals surface area contributed by atoms with Crippen LogP contribution in [0.5, 0.6) is 0 Å². The zero-order valence-corrected chi connectivity index (χ0v) is 15.0. The lowest BCUT2D eigenvalue weighted by molar-refractivity contribution is -0.124. The van der Waals surface area contributed by atoms with Crippen molar-refractivity contribution in [3.05, 3.63) is 0 Å². The first kappa shape index (κ1) is 20.5. The van der Waals surface area contributed by atoms with Crippen LogP contribution in [0, 0.1) is 10.8 Å². The molecule has 0 saturated heterocycles. The van der Waals surface area contributed by atoms with Crippen molar-refractivity contribution >= 4 is 12.3 Å². The van der Waals surface area contributed by atoms with Crippen LogP contribution in [0.15, 0.2) is 0 Å². The number of hydrogen-bond donors (Lipinski definition) is 0. The van der Waals surface area contributed by atoms with Crippen molar-refractivity contribution in [2.75, 3.05) is 13.2 Å². The summed E-state index contributed by atoms with van der Waals surface area (Å²) in [6.45, 7) is 15.3. The first-order chi connectivity index (χ1) is 9.93. The average molecular weight is 318 g/mol. The van der Waals surface area contributed by atoms with Gasteiger partial charge in [0.1, 0.15) is 12.2 Å².